The molecule has 56 valence electrons. The van der Waals surface area contributed by atoms with Gasteiger partial charge in [0, 0.05) is 25.6 Å². The number of carbonyl (C=O) groups is 1. The third-order valence-corrected chi connectivity index (χ3v) is 2.51. The van der Waals surface area contributed by atoms with Crippen molar-refractivity contribution in [1.29, 1.82) is 0 Å². The molecule has 3 unspecified atom stereocenters. The largest absolute Gasteiger partial charge is 0.352 e. The van der Waals surface area contributed by atoms with Gasteiger partial charge in [0.2, 0.25) is 5.91 Å². The van der Waals surface area contributed by atoms with Crippen LogP contribution in [0.2, 0.25) is 0 Å². The molecule has 3 rings (SSSR count). The number of fused-ring (bicyclic) bond motifs is 1. The molecule has 0 spiro atoms. The van der Waals surface area contributed by atoms with E-state index in [1.807, 2.05) is 0 Å². The minimum Gasteiger partial charge on any atom is -0.352 e. The van der Waals surface area contributed by atoms with Gasteiger partial charge in [0.05, 0.1) is 0 Å². The predicted octanol–water partition coefficient (Wildman–Crippen LogP) is -0.517. The van der Waals surface area contributed by atoms with Crippen LogP contribution in [0.3, 0.4) is 0 Å². The van der Waals surface area contributed by atoms with Crippen molar-refractivity contribution in [1.82, 2.24) is 10.6 Å². The predicted molar refractivity (Wildman–Crippen MR) is 37.5 cm³/mol. The highest BCUT2D eigenvalue weighted by Gasteiger charge is 2.46. The molecular formula is C7H12N2O. The molecule has 2 aliphatic heterocycles. The Kier molecular flexibility index (Phi) is 1.20. The number of amides is 1. The first-order chi connectivity index (χ1) is 4.77. The van der Waals surface area contributed by atoms with E-state index in [2.05, 4.69) is 10.6 Å². The van der Waals surface area contributed by atoms with Crippen LogP contribution in [0.5, 0.6) is 0 Å². The third-order valence-electron chi connectivity index (χ3n) is 2.51. The van der Waals surface area contributed by atoms with E-state index in [1.165, 1.54) is 6.42 Å². The Morgan fingerprint density at radius 1 is 1.70 bits per heavy atom. The second kappa shape index (κ2) is 1.95. The Morgan fingerprint density at radius 3 is 2.90 bits per heavy atom. The molecule has 3 heteroatoms. The molecule has 3 atom stereocenters. The highest BCUT2D eigenvalue weighted by molar-refractivity contribution is 5.73. The van der Waals surface area contributed by atoms with E-state index in [-0.39, 0.29) is 5.91 Å². The fraction of sp³-hybridized carbons (Fsp3) is 0.857. The molecule has 1 amide bonds. The van der Waals surface area contributed by atoms with Crippen LogP contribution >= 0.6 is 0 Å². The normalized spacial score (nSPS) is 42.7. The van der Waals surface area contributed by atoms with Crippen molar-refractivity contribution in [3.8, 4) is 0 Å². The van der Waals surface area contributed by atoms with Gasteiger partial charge < -0.3 is 10.6 Å². The second-order valence-corrected chi connectivity index (χ2v) is 3.24. The molecule has 10 heavy (non-hydrogen) atoms. The van der Waals surface area contributed by atoms with Crippen LogP contribution < -0.4 is 10.6 Å². The fourth-order valence-electron chi connectivity index (χ4n) is 1.93. The van der Waals surface area contributed by atoms with Crippen molar-refractivity contribution in [2.45, 2.75) is 25.4 Å². The van der Waals surface area contributed by atoms with Crippen molar-refractivity contribution in [3.63, 3.8) is 0 Å². The van der Waals surface area contributed by atoms with Gasteiger partial charge in [-0.3, -0.25) is 4.79 Å². The van der Waals surface area contributed by atoms with Crippen molar-refractivity contribution >= 4 is 5.91 Å². The number of rotatable bonds is 1. The SMILES string of the molecule is CC(=O)NC1C2CNC1C2. The molecule has 1 saturated carbocycles. The zero-order valence-electron chi connectivity index (χ0n) is 6.05. The molecule has 3 nitrogen and oxygen atoms in total. The number of hydrogen-bond acceptors (Lipinski definition) is 2. The van der Waals surface area contributed by atoms with Crippen molar-refractivity contribution in [2.24, 2.45) is 5.92 Å². The summed E-state index contributed by atoms with van der Waals surface area (Å²) in [6.07, 6.45) is 1.25. The number of carbonyl (C=O) groups excluding carboxylic acids is 1. The fourth-order valence-corrected chi connectivity index (χ4v) is 1.93. The molecule has 2 bridgehead atoms. The summed E-state index contributed by atoms with van der Waals surface area (Å²) >= 11 is 0. The quantitative estimate of drug-likeness (QED) is 0.514. The molecule has 0 aromatic heterocycles. The van der Waals surface area contributed by atoms with E-state index < -0.39 is 0 Å². The van der Waals surface area contributed by atoms with E-state index in [1.54, 1.807) is 6.92 Å². The van der Waals surface area contributed by atoms with E-state index in [9.17, 15) is 4.79 Å². The molecule has 2 saturated heterocycles. The maximum Gasteiger partial charge on any atom is 0.217 e. The second-order valence-electron chi connectivity index (χ2n) is 3.24. The van der Waals surface area contributed by atoms with Crippen LogP contribution in [-0.4, -0.2) is 24.5 Å². The number of hydrogen-bond donors (Lipinski definition) is 2. The Morgan fingerprint density at radius 2 is 2.50 bits per heavy atom. The summed E-state index contributed by atoms with van der Waals surface area (Å²) in [5.74, 6) is 0.817. The van der Waals surface area contributed by atoms with Crippen LogP contribution in [0, 0.1) is 5.92 Å². The van der Waals surface area contributed by atoms with E-state index in [0.717, 1.165) is 6.54 Å². The van der Waals surface area contributed by atoms with Crippen LogP contribution in [-0.2, 0) is 4.79 Å². The van der Waals surface area contributed by atoms with Gasteiger partial charge in [-0.05, 0) is 12.3 Å². The summed E-state index contributed by atoms with van der Waals surface area (Å²) in [5, 5.41) is 6.27. The van der Waals surface area contributed by atoms with Gasteiger partial charge in [-0.1, -0.05) is 0 Å². The van der Waals surface area contributed by atoms with Crippen LogP contribution in [0.1, 0.15) is 13.3 Å². The number of nitrogens with one attached hydrogen (secondary N) is 2. The van der Waals surface area contributed by atoms with E-state index in [0.29, 0.717) is 18.0 Å². The minimum atomic E-state index is 0.100. The van der Waals surface area contributed by atoms with Gasteiger partial charge in [-0.2, -0.15) is 0 Å². The first-order valence-electron chi connectivity index (χ1n) is 3.78. The van der Waals surface area contributed by atoms with Gasteiger partial charge >= 0.3 is 0 Å². The van der Waals surface area contributed by atoms with Crippen LogP contribution in [0.4, 0.5) is 0 Å². The van der Waals surface area contributed by atoms with E-state index in [4.69, 9.17) is 0 Å². The molecular weight excluding hydrogens is 128 g/mol. The maximum absolute atomic E-state index is 10.6. The zero-order chi connectivity index (χ0) is 7.14. The third kappa shape index (κ3) is 0.736. The van der Waals surface area contributed by atoms with Crippen LogP contribution in [0.15, 0.2) is 0 Å². The Hall–Kier alpha value is -0.570. The average molecular weight is 140 g/mol. The Balaban J connectivity index is 1.91. The van der Waals surface area contributed by atoms with Crippen molar-refractivity contribution < 1.29 is 4.79 Å². The lowest BCUT2D eigenvalue weighted by atomic mass is 9.80. The van der Waals surface area contributed by atoms with Gasteiger partial charge in [0.25, 0.3) is 0 Å². The summed E-state index contributed by atoms with van der Waals surface area (Å²) in [6, 6.07) is 1.02. The molecule has 2 N–H and O–H groups in total. The summed E-state index contributed by atoms with van der Waals surface area (Å²) in [7, 11) is 0. The van der Waals surface area contributed by atoms with Gasteiger partial charge in [0.1, 0.15) is 0 Å². The summed E-state index contributed by atoms with van der Waals surface area (Å²) in [4.78, 5) is 10.6. The zero-order valence-corrected chi connectivity index (χ0v) is 6.05. The highest BCUT2D eigenvalue weighted by atomic mass is 16.1. The summed E-state index contributed by atoms with van der Waals surface area (Å²) in [5.41, 5.74) is 0. The van der Waals surface area contributed by atoms with Crippen molar-refractivity contribution in [2.75, 3.05) is 6.54 Å². The topological polar surface area (TPSA) is 41.1 Å². The molecule has 3 fully saturated rings. The molecule has 0 aromatic rings. The maximum atomic E-state index is 10.6. The smallest absolute Gasteiger partial charge is 0.217 e. The van der Waals surface area contributed by atoms with Gasteiger partial charge in [-0.25, -0.2) is 0 Å². The molecule has 0 aromatic carbocycles. The summed E-state index contributed by atoms with van der Waals surface area (Å²) in [6.45, 7) is 2.67. The lowest BCUT2D eigenvalue weighted by molar-refractivity contribution is -0.120. The first kappa shape index (κ1) is 6.16. The average Bonchev–Trinajstić information content (AvgIpc) is 2.39. The minimum absolute atomic E-state index is 0.100. The Labute approximate surface area is 60.2 Å². The van der Waals surface area contributed by atoms with Gasteiger partial charge in [0.15, 0.2) is 0 Å². The van der Waals surface area contributed by atoms with Gasteiger partial charge in [-0.15, -0.1) is 0 Å². The standard InChI is InChI=1S/C7H12N2O/c1-4(10)9-7-5-2-6(7)8-3-5/h5-8H,2-3H2,1H3,(H,9,10). The first-order valence-corrected chi connectivity index (χ1v) is 3.78. The monoisotopic (exact) mass is 140 g/mol. The molecule has 2 heterocycles. The lowest BCUT2D eigenvalue weighted by Crippen LogP contribution is -2.53. The molecule has 1 aliphatic carbocycles. The lowest BCUT2D eigenvalue weighted by Gasteiger charge is -2.34. The van der Waals surface area contributed by atoms with Crippen molar-refractivity contribution in [3.05, 3.63) is 0 Å². The Bertz CT molecular complexity index is 155. The van der Waals surface area contributed by atoms with Crippen LogP contribution in [0.25, 0.3) is 0 Å². The molecule has 0 radical (unpaired) electrons. The highest BCUT2D eigenvalue weighted by Crippen LogP contribution is 2.33. The van der Waals surface area contributed by atoms with E-state index >= 15 is 0 Å². The summed E-state index contributed by atoms with van der Waals surface area (Å²) < 4.78 is 0. The molecule has 3 aliphatic rings.